The minimum Gasteiger partial charge on any atom is -0.406 e. The Balaban J connectivity index is 1.34. The van der Waals surface area contributed by atoms with Crippen molar-refractivity contribution in [3.05, 3.63) is 29.8 Å². The summed E-state index contributed by atoms with van der Waals surface area (Å²) in [7, 11) is 0. The lowest BCUT2D eigenvalue weighted by Crippen LogP contribution is -2.61. The average molecular weight is 383 g/mol. The third-order valence-corrected chi connectivity index (χ3v) is 6.35. The summed E-state index contributed by atoms with van der Waals surface area (Å²) in [6.07, 6.45) is -0.844. The molecule has 4 rings (SSSR count). The van der Waals surface area contributed by atoms with Gasteiger partial charge in [0.15, 0.2) is 0 Å². The van der Waals surface area contributed by atoms with E-state index in [0.717, 1.165) is 37.9 Å². The first kappa shape index (κ1) is 18.6. The van der Waals surface area contributed by atoms with E-state index in [9.17, 15) is 23.1 Å². The van der Waals surface area contributed by atoms with E-state index in [4.69, 9.17) is 0 Å². The van der Waals surface area contributed by atoms with Crippen molar-refractivity contribution in [1.29, 1.82) is 0 Å². The Morgan fingerprint density at radius 2 is 1.96 bits per heavy atom. The van der Waals surface area contributed by atoms with Gasteiger partial charge in [0.2, 0.25) is 5.91 Å². The van der Waals surface area contributed by atoms with Crippen molar-refractivity contribution >= 4 is 5.91 Å². The SMILES string of the molecule is CC1(O)CC(C(=O)N2CC3(CC[C@@H](c4cccc(OC(F)(F)F)c4)C3)C2)C1. The number of hydrogen-bond donors (Lipinski definition) is 1. The molecular formula is C20H24F3NO3. The molecule has 1 aromatic rings. The zero-order chi connectivity index (χ0) is 19.4. The van der Waals surface area contributed by atoms with Gasteiger partial charge in [-0.05, 0) is 62.6 Å². The van der Waals surface area contributed by atoms with Crippen LogP contribution in [-0.2, 0) is 4.79 Å². The van der Waals surface area contributed by atoms with Crippen molar-refractivity contribution in [2.24, 2.45) is 11.3 Å². The van der Waals surface area contributed by atoms with Crippen LogP contribution < -0.4 is 4.74 Å². The van der Waals surface area contributed by atoms with E-state index in [1.165, 1.54) is 12.1 Å². The van der Waals surface area contributed by atoms with Crippen molar-refractivity contribution in [1.82, 2.24) is 4.90 Å². The molecule has 1 atom stereocenters. The molecule has 1 aromatic carbocycles. The van der Waals surface area contributed by atoms with Crippen LogP contribution in [0.4, 0.5) is 13.2 Å². The standard InChI is InChI=1S/C20H24F3NO3/c1-18(26)8-15(9-18)17(25)24-11-19(12-24)6-5-14(10-19)13-3-2-4-16(7-13)27-20(21,22)23/h2-4,7,14-15,26H,5-6,8-12H2,1H3/t14-,15?,18?/m1/s1. The lowest BCUT2D eigenvalue weighted by Gasteiger charge is -2.52. The van der Waals surface area contributed by atoms with Crippen LogP contribution in [0.5, 0.6) is 5.75 Å². The number of nitrogens with zero attached hydrogens (tertiary/aromatic N) is 1. The third kappa shape index (κ3) is 3.79. The zero-order valence-electron chi connectivity index (χ0n) is 15.3. The number of aliphatic hydroxyl groups is 1. The average Bonchev–Trinajstić information content (AvgIpc) is 2.94. The van der Waals surface area contributed by atoms with Gasteiger partial charge in [0.1, 0.15) is 5.75 Å². The van der Waals surface area contributed by atoms with E-state index in [-0.39, 0.29) is 28.9 Å². The van der Waals surface area contributed by atoms with Crippen LogP contribution in [0.15, 0.2) is 24.3 Å². The Bertz CT molecular complexity index is 732. The van der Waals surface area contributed by atoms with Crippen LogP contribution in [0.2, 0.25) is 0 Å². The smallest absolute Gasteiger partial charge is 0.406 e. The van der Waals surface area contributed by atoms with Crippen molar-refractivity contribution < 1.29 is 27.8 Å². The monoisotopic (exact) mass is 383 g/mol. The summed E-state index contributed by atoms with van der Waals surface area (Å²) in [6, 6.07) is 6.25. The minimum atomic E-state index is -4.68. The number of likely N-dealkylation sites (tertiary alicyclic amines) is 1. The number of halogens is 3. The maximum Gasteiger partial charge on any atom is 0.573 e. The van der Waals surface area contributed by atoms with Gasteiger partial charge in [0.05, 0.1) is 5.60 Å². The second-order valence-electron chi connectivity index (χ2n) is 8.86. The third-order valence-electron chi connectivity index (χ3n) is 6.35. The number of benzene rings is 1. The quantitative estimate of drug-likeness (QED) is 0.863. The van der Waals surface area contributed by atoms with Gasteiger partial charge in [0, 0.05) is 24.4 Å². The molecule has 27 heavy (non-hydrogen) atoms. The second kappa shape index (κ2) is 6.12. The highest BCUT2D eigenvalue weighted by molar-refractivity contribution is 5.81. The lowest BCUT2D eigenvalue weighted by atomic mass is 9.69. The maximum absolute atomic E-state index is 12.5. The highest BCUT2D eigenvalue weighted by Crippen LogP contribution is 2.53. The first-order chi connectivity index (χ1) is 12.5. The van der Waals surface area contributed by atoms with Crippen molar-refractivity contribution in [3.8, 4) is 5.75 Å². The van der Waals surface area contributed by atoms with Crippen molar-refractivity contribution in [2.45, 2.75) is 56.9 Å². The Hall–Kier alpha value is -1.76. The summed E-state index contributed by atoms with van der Waals surface area (Å²) in [6.45, 7) is 3.20. The van der Waals surface area contributed by atoms with Gasteiger partial charge in [-0.25, -0.2) is 0 Å². The van der Waals surface area contributed by atoms with Crippen LogP contribution in [0.1, 0.15) is 50.5 Å². The van der Waals surface area contributed by atoms with Crippen LogP contribution in [-0.4, -0.2) is 41.0 Å². The van der Waals surface area contributed by atoms with Gasteiger partial charge in [-0.1, -0.05) is 12.1 Å². The Morgan fingerprint density at radius 3 is 2.59 bits per heavy atom. The number of rotatable bonds is 3. The molecule has 3 aliphatic rings. The molecule has 148 valence electrons. The maximum atomic E-state index is 12.5. The van der Waals surface area contributed by atoms with E-state index in [0.29, 0.717) is 12.8 Å². The lowest BCUT2D eigenvalue weighted by molar-refractivity contribution is -0.274. The molecule has 0 radical (unpaired) electrons. The van der Waals surface area contributed by atoms with E-state index < -0.39 is 12.0 Å². The molecule has 2 saturated carbocycles. The molecule has 3 fully saturated rings. The normalized spacial score (nSPS) is 32.1. The molecule has 1 N–H and O–H groups in total. The fourth-order valence-electron chi connectivity index (χ4n) is 5.10. The predicted octanol–water partition coefficient (Wildman–Crippen LogP) is 3.84. The molecule has 0 unspecified atom stereocenters. The zero-order valence-corrected chi connectivity index (χ0v) is 15.3. The summed E-state index contributed by atoms with van der Waals surface area (Å²) >= 11 is 0. The number of carbonyl (C=O) groups is 1. The van der Waals surface area contributed by atoms with Crippen LogP contribution in [0.25, 0.3) is 0 Å². The molecule has 1 amide bonds. The van der Waals surface area contributed by atoms with Gasteiger partial charge in [-0.3, -0.25) is 4.79 Å². The summed E-state index contributed by atoms with van der Waals surface area (Å²) in [5, 5.41) is 9.81. The largest absolute Gasteiger partial charge is 0.573 e. The molecule has 1 aliphatic heterocycles. The molecule has 1 saturated heterocycles. The van der Waals surface area contributed by atoms with Gasteiger partial charge in [-0.2, -0.15) is 0 Å². The molecule has 2 aliphatic carbocycles. The molecule has 1 spiro atoms. The molecule has 7 heteroatoms. The number of carbonyl (C=O) groups excluding carboxylic acids is 1. The van der Waals surface area contributed by atoms with Crippen LogP contribution >= 0.6 is 0 Å². The van der Waals surface area contributed by atoms with Crippen LogP contribution in [0, 0.1) is 11.3 Å². The molecule has 0 bridgehead atoms. The predicted molar refractivity (Wildman–Crippen MR) is 92.1 cm³/mol. The summed E-state index contributed by atoms with van der Waals surface area (Å²) < 4.78 is 41.3. The molecule has 4 nitrogen and oxygen atoms in total. The fourth-order valence-corrected chi connectivity index (χ4v) is 5.10. The van der Waals surface area contributed by atoms with Gasteiger partial charge in [-0.15, -0.1) is 13.2 Å². The minimum absolute atomic E-state index is 0.0641. The Kier molecular flexibility index (Phi) is 4.22. The number of amides is 1. The molecule has 1 heterocycles. The van der Waals surface area contributed by atoms with E-state index in [1.807, 2.05) is 11.0 Å². The summed E-state index contributed by atoms with van der Waals surface area (Å²) in [4.78, 5) is 14.3. The second-order valence-corrected chi connectivity index (χ2v) is 8.86. The highest BCUT2D eigenvalue weighted by atomic mass is 19.4. The summed E-state index contributed by atoms with van der Waals surface area (Å²) in [5.41, 5.74) is 0.256. The molecular weight excluding hydrogens is 359 g/mol. The van der Waals surface area contributed by atoms with Crippen molar-refractivity contribution in [2.75, 3.05) is 13.1 Å². The van der Waals surface area contributed by atoms with Gasteiger partial charge >= 0.3 is 6.36 Å². The Labute approximate surface area is 156 Å². The van der Waals surface area contributed by atoms with Crippen molar-refractivity contribution in [3.63, 3.8) is 0 Å². The van der Waals surface area contributed by atoms with E-state index in [2.05, 4.69) is 4.74 Å². The molecule has 0 aromatic heterocycles. The number of hydrogen-bond acceptors (Lipinski definition) is 3. The number of alkyl halides is 3. The fraction of sp³-hybridized carbons (Fsp3) is 0.650. The van der Waals surface area contributed by atoms with E-state index in [1.54, 1.807) is 13.0 Å². The first-order valence-electron chi connectivity index (χ1n) is 9.41. The Morgan fingerprint density at radius 1 is 1.26 bits per heavy atom. The van der Waals surface area contributed by atoms with E-state index >= 15 is 0 Å². The van der Waals surface area contributed by atoms with Gasteiger partial charge in [0.25, 0.3) is 0 Å². The first-order valence-corrected chi connectivity index (χ1v) is 9.41. The topological polar surface area (TPSA) is 49.8 Å². The summed E-state index contributed by atoms with van der Waals surface area (Å²) in [5.74, 6) is 0.0915. The van der Waals surface area contributed by atoms with Gasteiger partial charge < -0.3 is 14.7 Å². The van der Waals surface area contributed by atoms with Crippen LogP contribution in [0.3, 0.4) is 0 Å². The highest BCUT2D eigenvalue weighted by Gasteiger charge is 2.53. The number of ether oxygens (including phenoxy) is 1.